The molecule has 2 rings (SSSR count). The summed E-state index contributed by atoms with van der Waals surface area (Å²) in [6, 6.07) is 8.34. The second-order valence-corrected chi connectivity index (χ2v) is 6.73. The number of methoxy groups -OCH3 is 1. The summed E-state index contributed by atoms with van der Waals surface area (Å²) in [4.78, 5) is 34.3. The lowest BCUT2D eigenvalue weighted by Gasteiger charge is -2.23. The molecule has 0 aromatic heterocycles. The van der Waals surface area contributed by atoms with E-state index in [1.165, 1.54) is 13.2 Å². The Morgan fingerprint density at radius 2 is 1.73 bits per heavy atom. The summed E-state index contributed by atoms with van der Waals surface area (Å²) in [5.74, 6) is 0.159. The Morgan fingerprint density at radius 3 is 2.33 bits per heavy atom. The van der Waals surface area contributed by atoms with Crippen molar-refractivity contribution in [2.45, 2.75) is 26.7 Å². The molecule has 0 aliphatic heterocycles. The van der Waals surface area contributed by atoms with Crippen molar-refractivity contribution in [2.75, 3.05) is 31.7 Å². The van der Waals surface area contributed by atoms with Gasteiger partial charge in [0.1, 0.15) is 11.4 Å². The van der Waals surface area contributed by atoms with Crippen molar-refractivity contribution in [3.63, 3.8) is 0 Å². The molecule has 0 radical (unpaired) electrons. The van der Waals surface area contributed by atoms with Crippen LogP contribution in [0.25, 0.3) is 0 Å². The van der Waals surface area contributed by atoms with Crippen molar-refractivity contribution >= 4 is 34.4 Å². The van der Waals surface area contributed by atoms with Gasteiger partial charge in [0.05, 0.1) is 29.6 Å². The molecule has 0 fully saturated rings. The van der Waals surface area contributed by atoms with Crippen molar-refractivity contribution in [1.82, 2.24) is 0 Å². The number of ether oxygens (including phenoxy) is 2. The maximum Gasteiger partial charge on any atom is 0.305 e. The number of anilines is 1. The highest BCUT2D eigenvalue weighted by molar-refractivity contribution is 5.69. The summed E-state index contributed by atoms with van der Waals surface area (Å²) in [6.07, 6.45) is 0.946. The number of esters is 1. The summed E-state index contributed by atoms with van der Waals surface area (Å²) in [7, 11) is 1.46. The van der Waals surface area contributed by atoms with E-state index in [9.17, 15) is 25.0 Å². The monoisotopic (exact) mass is 459 g/mol. The predicted octanol–water partition coefficient (Wildman–Crippen LogP) is 5.10. The normalized spacial score (nSPS) is 10.8. The van der Waals surface area contributed by atoms with E-state index in [0.29, 0.717) is 44.0 Å². The van der Waals surface area contributed by atoms with Gasteiger partial charge in [-0.15, -0.1) is 10.2 Å². The molecule has 0 aliphatic rings. The molecule has 0 heterocycles. The van der Waals surface area contributed by atoms with Gasteiger partial charge >= 0.3 is 11.7 Å². The molecule has 0 bridgehead atoms. The molecule has 12 nitrogen and oxygen atoms in total. The van der Waals surface area contributed by atoms with Gasteiger partial charge in [0, 0.05) is 37.3 Å². The van der Waals surface area contributed by atoms with Crippen LogP contribution >= 0.6 is 0 Å². The molecule has 2 aromatic rings. The molecule has 0 unspecified atom stereocenters. The first-order valence-electron chi connectivity index (χ1n) is 10.2. The first kappa shape index (κ1) is 25.2. The van der Waals surface area contributed by atoms with Gasteiger partial charge in [0.2, 0.25) is 0 Å². The van der Waals surface area contributed by atoms with Gasteiger partial charge in [0.25, 0.3) is 5.69 Å². The number of hydrogen-bond acceptors (Lipinski definition) is 10. The number of azo groups is 1. The number of hydrogen-bond donors (Lipinski definition) is 0. The Morgan fingerprint density at radius 1 is 1.03 bits per heavy atom. The Balaban J connectivity index is 2.22. The van der Waals surface area contributed by atoms with Crippen LogP contribution in [0.3, 0.4) is 0 Å². The standard InChI is InChI=1S/C21H25N5O7/c1-4-24(12-6-7-21(27)33-5-2)15-8-11-18(20(14-15)32-3)23-22-17-10-9-16(25(28)29)13-19(17)26(30)31/h8-11,13-14H,4-7,12H2,1-3H3. The van der Waals surface area contributed by atoms with Gasteiger partial charge in [-0.25, -0.2) is 0 Å². The van der Waals surface area contributed by atoms with E-state index in [-0.39, 0.29) is 11.7 Å². The number of benzene rings is 2. The van der Waals surface area contributed by atoms with Crippen LogP contribution in [0.15, 0.2) is 46.6 Å². The fourth-order valence-electron chi connectivity index (χ4n) is 3.03. The molecular formula is C21H25N5O7. The van der Waals surface area contributed by atoms with Crippen molar-refractivity contribution in [2.24, 2.45) is 10.2 Å². The highest BCUT2D eigenvalue weighted by atomic mass is 16.6. The molecule has 2 aromatic carbocycles. The SMILES string of the molecule is CCOC(=O)CCCN(CC)c1ccc(N=Nc2ccc([N+](=O)[O-])cc2[N+](=O)[O-])c(OC)c1. The molecule has 0 N–H and O–H groups in total. The molecule has 0 aliphatic carbocycles. The number of nitro benzene ring substituents is 2. The largest absolute Gasteiger partial charge is 0.494 e. The lowest BCUT2D eigenvalue weighted by atomic mass is 10.2. The first-order valence-corrected chi connectivity index (χ1v) is 10.2. The minimum Gasteiger partial charge on any atom is -0.494 e. The summed E-state index contributed by atoms with van der Waals surface area (Å²) in [5, 5.41) is 30.1. The number of nitro groups is 2. The summed E-state index contributed by atoms with van der Waals surface area (Å²) in [6.45, 7) is 5.43. The van der Waals surface area contributed by atoms with Gasteiger partial charge in [-0.05, 0) is 38.5 Å². The topological polar surface area (TPSA) is 150 Å². The van der Waals surface area contributed by atoms with Crippen molar-refractivity contribution in [1.29, 1.82) is 0 Å². The van der Waals surface area contributed by atoms with Crippen molar-refractivity contribution in [3.05, 3.63) is 56.6 Å². The zero-order valence-corrected chi connectivity index (χ0v) is 18.6. The Bertz CT molecular complexity index is 1040. The number of nitrogens with zero attached hydrogens (tertiary/aromatic N) is 5. The minimum atomic E-state index is -0.753. The van der Waals surface area contributed by atoms with Gasteiger partial charge in [-0.2, -0.15) is 0 Å². The average molecular weight is 459 g/mol. The highest BCUT2D eigenvalue weighted by Crippen LogP contribution is 2.36. The number of carbonyl (C=O) groups excluding carboxylic acids is 1. The number of rotatable bonds is 12. The van der Waals surface area contributed by atoms with E-state index in [2.05, 4.69) is 15.1 Å². The maximum absolute atomic E-state index is 11.5. The molecule has 33 heavy (non-hydrogen) atoms. The van der Waals surface area contributed by atoms with Crippen LogP contribution in [0.4, 0.5) is 28.4 Å². The third-order valence-electron chi connectivity index (χ3n) is 4.66. The molecular weight excluding hydrogens is 434 g/mol. The van der Waals surface area contributed by atoms with Crippen LogP contribution in [0.1, 0.15) is 26.7 Å². The summed E-state index contributed by atoms with van der Waals surface area (Å²) in [5.41, 5.74) is 0.119. The predicted molar refractivity (Wildman–Crippen MR) is 121 cm³/mol. The van der Waals surface area contributed by atoms with E-state index in [1.807, 2.05) is 6.92 Å². The molecule has 0 atom stereocenters. The average Bonchev–Trinajstić information content (AvgIpc) is 2.80. The van der Waals surface area contributed by atoms with Crippen LogP contribution in [0.5, 0.6) is 5.75 Å². The molecule has 0 saturated carbocycles. The Labute approximate surface area is 190 Å². The Hall–Kier alpha value is -4.09. The third kappa shape index (κ3) is 6.95. The van der Waals surface area contributed by atoms with Crippen molar-refractivity contribution in [3.8, 4) is 5.75 Å². The molecule has 0 spiro atoms. The zero-order valence-electron chi connectivity index (χ0n) is 18.6. The maximum atomic E-state index is 11.5. The summed E-state index contributed by atoms with van der Waals surface area (Å²) < 4.78 is 10.3. The number of carbonyl (C=O) groups is 1. The van der Waals surface area contributed by atoms with Crippen LogP contribution in [0.2, 0.25) is 0 Å². The number of non-ortho nitro benzene ring substituents is 1. The fourth-order valence-corrected chi connectivity index (χ4v) is 3.03. The fraction of sp³-hybridized carbons (Fsp3) is 0.381. The molecule has 0 amide bonds. The van der Waals surface area contributed by atoms with E-state index in [0.717, 1.165) is 17.8 Å². The van der Waals surface area contributed by atoms with Gasteiger partial charge in [0.15, 0.2) is 5.69 Å². The molecule has 12 heteroatoms. The first-order chi connectivity index (χ1) is 15.8. The lowest BCUT2D eigenvalue weighted by Crippen LogP contribution is -2.24. The smallest absolute Gasteiger partial charge is 0.305 e. The minimum absolute atomic E-state index is 0.120. The molecule has 176 valence electrons. The Kier molecular flexibility index (Phi) is 9.21. The van der Waals surface area contributed by atoms with E-state index in [1.54, 1.807) is 25.1 Å². The quantitative estimate of drug-likeness (QED) is 0.184. The second kappa shape index (κ2) is 12.1. The van der Waals surface area contributed by atoms with E-state index < -0.39 is 21.2 Å². The zero-order chi connectivity index (χ0) is 24.4. The van der Waals surface area contributed by atoms with E-state index >= 15 is 0 Å². The second-order valence-electron chi connectivity index (χ2n) is 6.73. The van der Waals surface area contributed by atoms with Crippen LogP contribution in [-0.4, -0.2) is 42.6 Å². The third-order valence-corrected chi connectivity index (χ3v) is 4.66. The van der Waals surface area contributed by atoms with Gasteiger partial charge in [-0.1, -0.05) is 0 Å². The van der Waals surface area contributed by atoms with Gasteiger partial charge in [-0.3, -0.25) is 25.0 Å². The van der Waals surface area contributed by atoms with Gasteiger partial charge < -0.3 is 14.4 Å². The molecule has 0 saturated heterocycles. The highest BCUT2D eigenvalue weighted by Gasteiger charge is 2.19. The summed E-state index contributed by atoms with van der Waals surface area (Å²) >= 11 is 0. The van der Waals surface area contributed by atoms with E-state index in [4.69, 9.17) is 9.47 Å². The lowest BCUT2D eigenvalue weighted by molar-refractivity contribution is -0.393. The van der Waals surface area contributed by atoms with Crippen LogP contribution in [-0.2, 0) is 9.53 Å². The van der Waals surface area contributed by atoms with Crippen molar-refractivity contribution < 1.29 is 24.1 Å². The van der Waals surface area contributed by atoms with Crippen LogP contribution in [0, 0.1) is 20.2 Å². The van der Waals surface area contributed by atoms with Crippen LogP contribution < -0.4 is 9.64 Å².